The summed E-state index contributed by atoms with van der Waals surface area (Å²) in [7, 11) is -4.29. The first-order valence-corrected chi connectivity index (χ1v) is 17.5. The predicted octanol–water partition coefficient (Wildman–Crippen LogP) is 7.71. The van der Waals surface area contributed by atoms with E-state index in [0.717, 1.165) is 28.3 Å². The molecule has 2 amide bonds. The summed E-state index contributed by atoms with van der Waals surface area (Å²) in [5.74, 6) is -0.963. The van der Waals surface area contributed by atoms with Crippen LogP contribution in [-0.4, -0.2) is 44.3 Å². The van der Waals surface area contributed by atoms with Crippen LogP contribution in [0.1, 0.15) is 36.5 Å². The molecule has 46 heavy (non-hydrogen) atoms. The van der Waals surface area contributed by atoms with Gasteiger partial charge in [-0.2, -0.15) is 0 Å². The van der Waals surface area contributed by atoms with E-state index in [-0.39, 0.29) is 39.5 Å². The van der Waals surface area contributed by atoms with Gasteiger partial charge in [0.25, 0.3) is 10.0 Å². The average Bonchev–Trinajstić information content (AvgIpc) is 3.02. The second kappa shape index (κ2) is 16.3. The van der Waals surface area contributed by atoms with Crippen molar-refractivity contribution in [3.05, 3.63) is 129 Å². The smallest absolute Gasteiger partial charge is 0.264 e. The molecule has 0 aliphatic rings. The molecule has 0 heterocycles. The molecule has 4 aromatic carbocycles. The van der Waals surface area contributed by atoms with E-state index < -0.39 is 28.5 Å². The largest absolute Gasteiger partial charge is 0.354 e. The Kier molecular flexibility index (Phi) is 12.5. The number of carbonyl (C=O) groups excluding carboxylic acids is 2. The molecule has 0 aliphatic heterocycles. The summed E-state index contributed by atoms with van der Waals surface area (Å²) in [4.78, 5) is 29.8. The Hall–Kier alpha value is -3.56. The van der Waals surface area contributed by atoms with E-state index in [1.807, 2.05) is 44.2 Å². The molecule has 1 atom stereocenters. The molecule has 0 spiro atoms. The lowest BCUT2D eigenvalue weighted by Crippen LogP contribution is -2.53. The van der Waals surface area contributed by atoms with Gasteiger partial charge in [-0.25, -0.2) is 8.42 Å². The number of nitrogens with one attached hydrogen (secondary N) is 1. The second-order valence-corrected chi connectivity index (χ2v) is 14.1. The zero-order valence-corrected chi connectivity index (χ0v) is 28.7. The lowest BCUT2D eigenvalue weighted by molar-refractivity contribution is -0.140. The number of amides is 2. The topological polar surface area (TPSA) is 86.8 Å². The molecule has 4 aromatic rings. The minimum absolute atomic E-state index is 0.0159. The van der Waals surface area contributed by atoms with Gasteiger partial charge in [0.05, 0.1) is 10.6 Å². The van der Waals surface area contributed by atoms with Gasteiger partial charge in [-0.15, -0.1) is 0 Å². The molecule has 0 aliphatic carbocycles. The highest BCUT2D eigenvalue weighted by Crippen LogP contribution is 2.31. The summed E-state index contributed by atoms with van der Waals surface area (Å²) in [5.41, 5.74) is 2.42. The maximum absolute atomic E-state index is 14.5. The number of halogens is 3. The standard InChI is InChI=1S/C35H36Cl3N3O4S/c1-3-4-18-39-35(43)33(19-26-10-6-5-7-11-26)40(23-27-12-8-9-13-32(27)38)34(42)24-41(30-21-28(36)20-29(37)22-30)46(44,45)31-16-14-25(2)15-17-31/h5-17,20-22,33H,3-4,18-19,23-24H2,1-2H3,(H,39,43)/t33-/m1/s1. The van der Waals surface area contributed by atoms with E-state index in [2.05, 4.69) is 5.32 Å². The van der Waals surface area contributed by atoms with Crippen molar-refractivity contribution in [3.8, 4) is 0 Å². The fourth-order valence-corrected chi connectivity index (χ4v) is 7.03. The maximum Gasteiger partial charge on any atom is 0.264 e. The van der Waals surface area contributed by atoms with Crippen LogP contribution >= 0.6 is 34.8 Å². The van der Waals surface area contributed by atoms with Gasteiger partial charge in [-0.3, -0.25) is 13.9 Å². The third kappa shape index (κ3) is 9.26. The van der Waals surface area contributed by atoms with E-state index >= 15 is 0 Å². The fraction of sp³-hybridized carbons (Fsp3) is 0.257. The highest BCUT2D eigenvalue weighted by Gasteiger charge is 2.35. The van der Waals surface area contributed by atoms with Gasteiger partial charge in [0.15, 0.2) is 0 Å². The number of anilines is 1. The van der Waals surface area contributed by atoms with Crippen molar-refractivity contribution in [2.24, 2.45) is 0 Å². The summed E-state index contributed by atoms with van der Waals surface area (Å²) in [6.07, 6.45) is 1.84. The van der Waals surface area contributed by atoms with Crippen molar-refractivity contribution in [1.29, 1.82) is 0 Å². The van der Waals surface area contributed by atoms with Crippen molar-refractivity contribution < 1.29 is 18.0 Å². The van der Waals surface area contributed by atoms with Gasteiger partial charge in [0, 0.05) is 34.6 Å². The molecular weight excluding hydrogens is 665 g/mol. The highest BCUT2D eigenvalue weighted by atomic mass is 35.5. The number of rotatable bonds is 14. The van der Waals surface area contributed by atoms with E-state index in [0.29, 0.717) is 17.1 Å². The van der Waals surface area contributed by atoms with Crippen LogP contribution in [0.5, 0.6) is 0 Å². The van der Waals surface area contributed by atoms with Crippen LogP contribution in [0.25, 0.3) is 0 Å². The Morgan fingerprint density at radius 3 is 2.11 bits per heavy atom. The van der Waals surface area contributed by atoms with Crippen LogP contribution in [0.15, 0.2) is 102 Å². The quantitative estimate of drug-likeness (QED) is 0.137. The van der Waals surface area contributed by atoms with Crippen molar-refractivity contribution in [1.82, 2.24) is 10.2 Å². The highest BCUT2D eigenvalue weighted by molar-refractivity contribution is 7.92. The van der Waals surface area contributed by atoms with Crippen molar-refractivity contribution >= 4 is 62.3 Å². The summed E-state index contributed by atoms with van der Waals surface area (Å²) in [6, 6.07) is 26.1. The van der Waals surface area contributed by atoms with Crippen LogP contribution < -0.4 is 9.62 Å². The van der Waals surface area contributed by atoms with E-state index in [9.17, 15) is 18.0 Å². The number of benzene rings is 4. The SMILES string of the molecule is CCCCNC(=O)[C@@H](Cc1ccccc1)N(Cc1ccccc1Cl)C(=O)CN(c1cc(Cl)cc(Cl)c1)S(=O)(=O)c1ccc(C)cc1. The van der Waals surface area contributed by atoms with Crippen molar-refractivity contribution in [2.75, 3.05) is 17.4 Å². The molecule has 242 valence electrons. The van der Waals surface area contributed by atoms with Crippen LogP contribution in [0.3, 0.4) is 0 Å². The molecule has 0 radical (unpaired) electrons. The molecular formula is C35H36Cl3N3O4S. The number of hydrogen-bond acceptors (Lipinski definition) is 4. The van der Waals surface area contributed by atoms with Gasteiger partial charge < -0.3 is 10.2 Å². The van der Waals surface area contributed by atoms with Gasteiger partial charge in [0.1, 0.15) is 12.6 Å². The number of hydrogen-bond donors (Lipinski definition) is 1. The first-order chi connectivity index (χ1) is 22.0. The van der Waals surface area contributed by atoms with E-state index in [1.54, 1.807) is 36.4 Å². The van der Waals surface area contributed by atoms with E-state index in [4.69, 9.17) is 34.8 Å². The van der Waals surface area contributed by atoms with Crippen molar-refractivity contribution in [2.45, 2.75) is 50.6 Å². The lowest BCUT2D eigenvalue weighted by atomic mass is 10.0. The van der Waals surface area contributed by atoms with Crippen LogP contribution in [-0.2, 0) is 32.6 Å². The van der Waals surface area contributed by atoms with E-state index in [1.165, 1.54) is 35.2 Å². The zero-order valence-electron chi connectivity index (χ0n) is 25.6. The van der Waals surface area contributed by atoms with Crippen LogP contribution in [0.2, 0.25) is 15.1 Å². The molecule has 7 nitrogen and oxygen atoms in total. The number of nitrogens with zero attached hydrogens (tertiary/aromatic N) is 2. The molecule has 0 saturated heterocycles. The Bertz CT molecular complexity index is 1730. The normalized spacial score (nSPS) is 11.9. The average molecular weight is 701 g/mol. The zero-order chi connectivity index (χ0) is 33.3. The molecule has 0 fully saturated rings. The minimum Gasteiger partial charge on any atom is -0.354 e. The Morgan fingerprint density at radius 1 is 0.848 bits per heavy atom. The number of sulfonamides is 1. The van der Waals surface area contributed by atoms with Gasteiger partial charge in [-0.05, 0) is 60.9 Å². The van der Waals surface area contributed by atoms with Gasteiger partial charge >= 0.3 is 0 Å². The van der Waals surface area contributed by atoms with Gasteiger partial charge in [-0.1, -0.05) is 114 Å². The van der Waals surface area contributed by atoms with Gasteiger partial charge in [0.2, 0.25) is 11.8 Å². The Labute approximate surface area is 286 Å². The minimum atomic E-state index is -4.29. The molecule has 4 rings (SSSR count). The monoisotopic (exact) mass is 699 g/mol. The predicted molar refractivity (Wildman–Crippen MR) is 186 cm³/mol. The number of unbranched alkanes of at least 4 members (excludes halogenated alkanes) is 1. The Morgan fingerprint density at radius 2 is 1.48 bits per heavy atom. The summed E-state index contributed by atoms with van der Waals surface area (Å²) >= 11 is 19.2. The first-order valence-electron chi connectivity index (χ1n) is 14.9. The molecule has 0 saturated carbocycles. The summed E-state index contributed by atoms with van der Waals surface area (Å²) < 4.78 is 29.3. The lowest BCUT2D eigenvalue weighted by Gasteiger charge is -2.34. The molecule has 1 N–H and O–H groups in total. The summed E-state index contributed by atoms with van der Waals surface area (Å²) in [6.45, 7) is 3.63. The first kappa shape index (κ1) is 35.3. The number of aryl methyl sites for hydroxylation is 1. The van der Waals surface area contributed by atoms with Crippen LogP contribution in [0, 0.1) is 6.92 Å². The molecule has 11 heteroatoms. The van der Waals surface area contributed by atoms with Crippen molar-refractivity contribution in [3.63, 3.8) is 0 Å². The summed E-state index contributed by atoms with van der Waals surface area (Å²) in [5, 5.41) is 3.78. The van der Waals surface area contributed by atoms with Crippen LogP contribution in [0.4, 0.5) is 5.69 Å². The molecule has 0 bridgehead atoms. The number of carbonyl (C=O) groups is 2. The second-order valence-electron chi connectivity index (χ2n) is 10.9. The molecule has 0 unspecified atom stereocenters. The fourth-order valence-electron chi connectivity index (χ4n) is 4.92. The molecule has 0 aromatic heterocycles. The Balaban J connectivity index is 1.82. The maximum atomic E-state index is 14.5. The third-order valence-corrected chi connectivity index (χ3v) is 10.0. The third-order valence-electron chi connectivity index (χ3n) is 7.42.